The van der Waals surface area contributed by atoms with E-state index < -0.39 is 0 Å². The first-order chi connectivity index (χ1) is 25.4. The summed E-state index contributed by atoms with van der Waals surface area (Å²) in [7, 11) is 2.23. The Morgan fingerprint density at radius 3 is 1.89 bits per heavy atom. The fourth-order valence-corrected chi connectivity index (χ4v) is 8.27. The molecule has 2 heterocycles. The number of furan rings is 1. The van der Waals surface area contributed by atoms with E-state index in [0.29, 0.717) is 0 Å². The number of nitrogens with zero attached hydrogens (tertiary/aromatic N) is 2. The van der Waals surface area contributed by atoms with Crippen molar-refractivity contribution in [2.75, 3.05) is 0 Å². The van der Waals surface area contributed by atoms with Gasteiger partial charge in [-0.2, -0.15) is 4.57 Å². The molecule has 266 valence electrons. The fourth-order valence-electron chi connectivity index (χ4n) is 8.27. The van der Waals surface area contributed by atoms with E-state index >= 15 is 0 Å². The van der Waals surface area contributed by atoms with Gasteiger partial charge in [0.1, 0.15) is 16.8 Å². The van der Waals surface area contributed by atoms with Crippen LogP contribution >= 0.6 is 0 Å². The summed E-state index contributed by atoms with van der Waals surface area (Å²) in [5.41, 5.74) is 17.0. The normalized spacial score (nSPS) is 12.3. The highest BCUT2D eigenvalue weighted by molar-refractivity contribution is 6.10. The molecule has 0 saturated heterocycles. The van der Waals surface area contributed by atoms with Crippen LogP contribution in [-0.4, -0.2) is 4.57 Å². The van der Waals surface area contributed by atoms with Gasteiger partial charge in [0.2, 0.25) is 0 Å². The summed E-state index contributed by atoms with van der Waals surface area (Å²) in [6.45, 7) is 18.6. The predicted octanol–water partition coefficient (Wildman–Crippen LogP) is 13.5. The summed E-state index contributed by atoms with van der Waals surface area (Å²) in [6, 6.07) is 44.6. The van der Waals surface area contributed by atoms with Crippen molar-refractivity contribution in [3.8, 4) is 39.3 Å². The van der Waals surface area contributed by atoms with Crippen LogP contribution in [-0.2, 0) is 13.5 Å². The highest BCUT2D eigenvalue weighted by Crippen LogP contribution is 2.43. The maximum Gasteiger partial charge on any atom is 0.299 e. The molecule has 8 rings (SSSR count). The first kappa shape index (κ1) is 34.7. The lowest BCUT2D eigenvalue weighted by Gasteiger charge is -2.21. The molecular weight excluding hydrogens is 645 g/mol. The van der Waals surface area contributed by atoms with Crippen molar-refractivity contribution in [2.24, 2.45) is 12.5 Å². The molecule has 3 nitrogen and oxygen atoms in total. The average Bonchev–Trinajstić information content (AvgIpc) is 3.65. The van der Waals surface area contributed by atoms with Crippen molar-refractivity contribution >= 4 is 33.0 Å². The average molecular weight is 696 g/mol. The molecule has 0 saturated carbocycles. The molecule has 2 aromatic heterocycles. The first-order valence-corrected chi connectivity index (χ1v) is 19.2. The Hall–Kier alpha value is -5.41. The second-order valence-corrected chi connectivity index (χ2v) is 16.8. The third-order valence-electron chi connectivity index (χ3n) is 10.8. The Balaban J connectivity index is 1.45. The molecule has 0 bridgehead atoms. The zero-order valence-electron chi connectivity index (χ0n) is 32.7. The minimum absolute atomic E-state index is 0.163. The van der Waals surface area contributed by atoms with E-state index in [1.165, 1.54) is 61.2 Å². The molecule has 0 aliphatic carbocycles. The number of rotatable bonds is 7. The highest BCUT2D eigenvalue weighted by atomic mass is 16.3. The van der Waals surface area contributed by atoms with Gasteiger partial charge in [-0.05, 0) is 94.3 Å². The number of hydrogen-bond acceptors (Lipinski definition) is 1. The van der Waals surface area contributed by atoms with Crippen molar-refractivity contribution in [3.63, 3.8) is 0 Å². The van der Waals surface area contributed by atoms with E-state index in [-0.39, 0.29) is 17.3 Å². The molecule has 8 aromatic rings. The van der Waals surface area contributed by atoms with Crippen LogP contribution in [0.25, 0.3) is 72.3 Å². The van der Waals surface area contributed by atoms with Crippen LogP contribution in [0, 0.1) is 12.3 Å². The van der Waals surface area contributed by atoms with Gasteiger partial charge in [0, 0.05) is 21.9 Å². The second kappa shape index (κ2) is 13.2. The minimum Gasteiger partial charge on any atom is -0.455 e. The van der Waals surface area contributed by atoms with Crippen LogP contribution in [0.1, 0.15) is 82.6 Å². The molecule has 0 N–H and O–H groups in total. The standard InChI is InChI=1S/C50H51N2O/c1-31(2)41-28-38(37-23-21-36(22-24-37)35-15-11-10-12-16-35)29-42(32(3)4)47(41)52-44-27-34(30-50(6,7)8)20-26-43(44)51(9)49(52)46-33(5)19-25-40-39-17-13-14-18-45(39)53-48(40)46/h10-29,31-32H,30H2,1-9H3/q+1. The predicted molar refractivity (Wildman–Crippen MR) is 224 cm³/mol. The van der Waals surface area contributed by atoms with Gasteiger partial charge < -0.3 is 4.42 Å². The Labute approximate surface area is 314 Å². The van der Waals surface area contributed by atoms with Crippen LogP contribution in [0.15, 0.2) is 126 Å². The Morgan fingerprint density at radius 1 is 0.642 bits per heavy atom. The summed E-state index contributed by atoms with van der Waals surface area (Å²) in [6.07, 6.45) is 0.997. The minimum atomic E-state index is 0.163. The van der Waals surface area contributed by atoms with Crippen molar-refractivity contribution in [1.29, 1.82) is 0 Å². The quantitative estimate of drug-likeness (QED) is 0.152. The van der Waals surface area contributed by atoms with E-state index in [2.05, 4.69) is 193 Å². The van der Waals surface area contributed by atoms with Crippen molar-refractivity contribution in [3.05, 3.63) is 144 Å². The fraction of sp³-hybridized carbons (Fsp3) is 0.260. The molecule has 0 aliphatic heterocycles. The summed E-state index contributed by atoms with van der Waals surface area (Å²) in [5, 5.41) is 2.30. The number of hydrogen-bond donors (Lipinski definition) is 0. The van der Waals surface area contributed by atoms with E-state index in [0.717, 1.165) is 39.7 Å². The van der Waals surface area contributed by atoms with Crippen LogP contribution < -0.4 is 4.57 Å². The largest absolute Gasteiger partial charge is 0.455 e. The van der Waals surface area contributed by atoms with Crippen LogP contribution in [0.5, 0.6) is 0 Å². The molecule has 53 heavy (non-hydrogen) atoms. The van der Waals surface area contributed by atoms with Crippen molar-refractivity contribution in [2.45, 2.75) is 73.6 Å². The summed E-state index contributed by atoms with van der Waals surface area (Å²) in [5.74, 6) is 1.70. The third-order valence-corrected chi connectivity index (χ3v) is 10.8. The molecule has 0 amide bonds. The van der Waals surface area contributed by atoms with Crippen molar-refractivity contribution in [1.82, 2.24) is 4.57 Å². The zero-order valence-corrected chi connectivity index (χ0v) is 32.7. The summed E-state index contributed by atoms with van der Waals surface area (Å²) < 4.78 is 11.8. The molecule has 3 heteroatoms. The lowest BCUT2D eigenvalue weighted by Crippen LogP contribution is -2.30. The van der Waals surface area contributed by atoms with Crippen LogP contribution in [0.2, 0.25) is 0 Å². The molecular formula is C50H51N2O+. The first-order valence-electron chi connectivity index (χ1n) is 19.2. The van der Waals surface area contributed by atoms with Gasteiger partial charge in [-0.15, -0.1) is 0 Å². The Bertz CT molecular complexity index is 2600. The molecule has 6 aromatic carbocycles. The van der Waals surface area contributed by atoms with Gasteiger partial charge in [-0.25, -0.2) is 4.57 Å². The van der Waals surface area contributed by atoms with Gasteiger partial charge in [0.25, 0.3) is 5.82 Å². The van der Waals surface area contributed by atoms with E-state index in [1.807, 2.05) is 0 Å². The topological polar surface area (TPSA) is 21.9 Å². The summed E-state index contributed by atoms with van der Waals surface area (Å²) >= 11 is 0. The van der Waals surface area contributed by atoms with Gasteiger partial charge in [0.05, 0.1) is 7.05 Å². The van der Waals surface area contributed by atoms with E-state index in [1.54, 1.807) is 0 Å². The monoisotopic (exact) mass is 695 g/mol. The van der Waals surface area contributed by atoms with E-state index in [4.69, 9.17) is 4.42 Å². The van der Waals surface area contributed by atoms with Gasteiger partial charge in [-0.3, -0.25) is 0 Å². The maximum absolute atomic E-state index is 6.80. The smallest absolute Gasteiger partial charge is 0.299 e. The number of aryl methyl sites for hydroxylation is 2. The van der Waals surface area contributed by atoms with Gasteiger partial charge in [-0.1, -0.05) is 139 Å². The lowest BCUT2D eigenvalue weighted by molar-refractivity contribution is -0.633. The SMILES string of the molecule is Cc1ccc2c(oc3ccccc32)c1-c1n(-c2c(C(C)C)cc(-c3ccc(-c4ccccc4)cc3)cc2C(C)C)c2cc(CC(C)(C)C)ccc2[n+]1C. The molecule has 0 spiro atoms. The highest BCUT2D eigenvalue weighted by Gasteiger charge is 2.34. The Morgan fingerprint density at radius 2 is 1.25 bits per heavy atom. The molecule has 0 atom stereocenters. The van der Waals surface area contributed by atoms with Gasteiger partial charge in [0.15, 0.2) is 16.6 Å². The lowest BCUT2D eigenvalue weighted by atomic mass is 9.87. The Kier molecular flexibility index (Phi) is 8.65. The molecule has 0 aliphatic rings. The molecule has 0 radical (unpaired) electrons. The van der Waals surface area contributed by atoms with Crippen molar-refractivity contribution < 1.29 is 8.98 Å². The number of para-hydroxylation sites is 1. The number of benzene rings is 6. The summed E-state index contributed by atoms with van der Waals surface area (Å²) in [4.78, 5) is 0. The van der Waals surface area contributed by atoms with Crippen LogP contribution in [0.4, 0.5) is 0 Å². The number of imidazole rings is 1. The molecule has 0 fully saturated rings. The third kappa shape index (κ3) is 6.16. The maximum atomic E-state index is 6.80. The van der Waals surface area contributed by atoms with Crippen LogP contribution in [0.3, 0.4) is 0 Å². The van der Waals surface area contributed by atoms with Gasteiger partial charge >= 0.3 is 0 Å². The molecule has 0 unspecified atom stereocenters. The van der Waals surface area contributed by atoms with E-state index in [9.17, 15) is 0 Å². The number of fused-ring (bicyclic) bond motifs is 4. The number of aromatic nitrogens is 2. The zero-order chi connectivity index (χ0) is 37.2. The second-order valence-electron chi connectivity index (χ2n) is 16.8.